The summed E-state index contributed by atoms with van der Waals surface area (Å²) >= 11 is 0. The van der Waals surface area contributed by atoms with Gasteiger partial charge in [-0.05, 0) is 19.8 Å². The summed E-state index contributed by atoms with van der Waals surface area (Å²) in [5, 5.41) is 7.60. The van der Waals surface area contributed by atoms with Crippen LogP contribution in [0.4, 0.5) is 0 Å². The first-order chi connectivity index (χ1) is 8.76. The molecule has 5 nitrogen and oxygen atoms in total. The van der Waals surface area contributed by atoms with E-state index in [1.165, 1.54) is 32.1 Å². The zero-order valence-electron chi connectivity index (χ0n) is 11.1. The molecule has 0 aromatic carbocycles. The van der Waals surface area contributed by atoms with Gasteiger partial charge in [0.15, 0.2) is 5.82 Å². The highest BCUT2D eigenvalue weighted by molar-refractivity contribution is 4.97. The quantitative estimate of drug-likeness (QED) is 0.861. The molecule has 1 saturated heterocycles. The lowest BCUT2D eigenvalue weighted by Gasteiger charge is -2.45. The van der Waals surface area contributed by atoms with Crippen LogP contribution in [0.5, 0.6) is 0 Å². The molecule has 1 aliphatic heterocycles. The molecule has 1 N–H and O–H groups in total. The van der Waals surface area contributed by atoms with Crippen molar-refractivity contribution >= 4 is 0 Å². The maximum absolute atomic E-state index is 5.22. The van der Waals surface area contributed by atoms with Crippen molar-refractivity contribution in [2.75, 3.05) is 19.6 Å². The van der Waals surface area contributed by atoms with Crippen LogP contribution >= 0.6 is 0 Å². The molecule has 0 unspecified atom stereocenters. The first-order valence-electron chi connectivity index (χ1n) is 7.02. The molecule has 0 bridgehead atoms. The lowest BCUT2D eigenvalue weighted by molar-refractivity contribution is 0.0865. The van der Waals surface area contributed by atoms with Gasteiger partial charge in [0.1, 0.15) is 0 Å². The van der Waals surface area contributed by atoms with Crippen LogP contribution in [0.2, 0.25) is 0 Å². The second-order valence-electron chi connectivity index (χ2n) is 5.71. The van der Waals surface area contributed by atoms with E-state index < -0.39 is 0 Å². The van der Waals surface area contributed by atoms with Crippen LogP contribution < -0.4 is 5.32 Å². The highest BCUT2D eigenvalue weighted by atomic mass is 16.5. The summed E-state index contributed by atoms with van der Waals surface area (Å²) in [4.78, 5) is 6.75. The van der Waals surface area contributed by atoms with E-state index in [4.69, 9.17) is 4.52 Å². The molecule has 2 fully saturated rings. The fourth-order valence-electron chi connectivity index (χ4n) is 3.34. The highest BCUT2D eigenvalue weighted by Gasteiger charge is 2.36. The molecule has 2 aliphatic rings. The van der Waals surface area contributed by atoms with E-state index >= 15 is 0 Å². The molecule has 1 spiro atoms. The second-order valence-corrected chi connectivity index (χ2v) is 5.71. The summed E-state index contributed by atoms with van der Waals surface area (Å²) < 4.78 is 5.22. The largest absolute Gasteiger partial charge is 0.338 e. The number of piperazine rings is 1. The van der Waals surface area contributed by atoms with Gasteiger partial charge in [-0.15, -0.1) is 0 Å². The Labute approximate surface area is 108 Å². The third-order valence-electron chi connectivity index (χ3n) is 4.19. The normalized spacial score (nSPS) is 24.5. The van der Waals surface area contributed by atoms with Crippen LogP contribution in [0.25, 0.3) is 0 Å². The smallest absolute Gasteiger partial charge is 0.240 e. The summed E-state index contributed by atoms with van der Waals surface area (Å²) in [6, 6.07) is 0. The molecule has 1 saturated carbocycles. The zero-order chi connectivity index (χ0) is 12.4. The van der Waals surface area contributed by atoms with Gasteiger partial charge in [-0.25, -0.2) is 0 Å². The molecular formula is C13H22N4O. The van der Waals surface area contributed by atoms with Crippen LogP contribution in [0.15, 0.2) is 4.52 Å². The average Bonchev–Trinajstić information content (AvgIpc) is 2.76. The number of nitrogens with zero attached hydrogens (tertiary/aromatic N) is 3. The van der Waals surface area contributed by atoms with E-state index in [0.29, 0.717) is 5.54 Å². The van der Waals surface area contributed by atoms with Gasteiger partial charge < -0.3 is 9.84 Å². The predicted octanol–water partition coefficient (Wildman–Crippen LogP) is 1.49. The maximum atomic E-state index is 5.22. The number of aryl methyl sites for hydroxylation is 1. The monoisotopic (exact) mass is 250 g/mol. The van der Waals surface area contributed by atoms with Crippen molar-refractivity contribution in [2.24, 2.45) is 0 Å². The van der Waals surface area contributed by atoms with E-state index in [2.05, 4.69) is 20.4 Å². The molecule has 1 aliphatic carbocycles. The van der Waals surface area contributed by atoms with Crippen LogP contribution in [0.1, 0.15) is 43.8 Å². The number of rotatable bonds is 2. The molecular weight excluding hydrogens is 228 g/mol. The zero-order valence-corrected chi connectivity index (χ0v) is 11.1. The average molecular weight is 250 g/mol. The standard InChI is InChI=1S/C13H22N4O/c1-11-15-12(18-16-11)9-17-8-7-14-13(10-17)5-3-2-4-6-13/h14H,2-10H2,1H3. The van der Waals surface area contributed by atoms with Crippen molar-refractivity contribution in [3.8, 4) is 0 Å². The Balaban J connectivity index is 1.63. The van der Waals surface area contributed by atoms with Crippen molar-refractivity contribution in [1.82, 2.24) is 20.4 Å². The molecule has 100 valence electrons. The molecule has 1 aromatic heterocycles. The van der Waals surface area contributed by atoms with E-state index in [-0.39, 0.29) is 0 Å². The van der Waals surface area contributed by atoms with E-state index in [0.717, 1.165) is 37.9 Å². The fraction of sp³-hybridized carbons (Fsp3) is 0.846. The van der Waals surface area contributed by atoms with Gasteiger partial charge in [0.05, 0.1) is 6.54 Å². The van der Waals surface area contributed by atoms with Crippen LogP contribution in [0, 0.1) is 6.92 Å². The van der Waals surface area contributed by atoms with Crippen molar-refractivity contribution in [1.29, 1.82) is 0 Å². The fourth-order valence-corrected chi connectivity index (χ4v) is 3.34. The minimum atomic E-state index is 0.353. The molecule has 0 atom stereocenters. The van der Waals surface area contributed by atoms with Gasteiger partial charge in [-0.1, -0.05) is 24.4 Å². The van der Waals surface area contributed by atoms with Crippen molar-refractivity contribution in [3.05, 3.63) is 11.7 Å². The third kappa shape index (κ3) is 2.57. The Kier molecular flexibility index (Phi) is 3.35. The predicted molar refractivity (Wildman–Crippen MR) is 68.1 cm³/mol. The van der Waals surface area contributed by atoms with Crippen LogP contribution in [-0.4, -0.2) is 40.2 Å². The lowest BCUT2D eigenvalue weighted by atomic mass is 9.80. The lowest BCUT2D eigenvalue weighted by Crippen LogP contribution is -2.60. The molecule has 0 radical (unpaired) electrons. The second kappa shape index (κ2) is 4.97. The maximum Gasteiger partial charge on any atom is 0.240 e. The van der Waals surface area contributed by atoms with E-state index in [1.807, 2.05) is 6.92 Å². The topological polar surface area (TPSA) is 54.2 Å². The summed E-state index contributed by atoms with van der Waals surface area (Å²) in [5.74, 6) is 1.48. The van der Waals surface area contributed by atoms with Crippen molar-refractivity contribution in [3.63, 3.8) is 0 Å². The number of hydrogen-bond acceptors (Lipinski definition) is 5. The first kappa shape index (κ1) is 12.1. The van der Waals surface area contributed by atoms with Crippen molar-refractivity contribution < 1.29 is 4.52 Å². The summed E-state index contributed by atoms with van der Waals surface area (Å²) in [5.41, 5.74) is 0.353. The van der Waals surface area contributed by atoms with Gasteiger partial charge in [-0.2, -0.15) is 4.98 Å². The third-order valence-corrected chi connectivity index (χ3v) is 4.19. The summed E-state index contributed by atoms with van der Waals surface area (Å²) in [6.45, 7) is 5.93. The van der Waals surface area contributed by atoms with Crippen molar-refractivity contribution in [2.45, 2.75) is 51.1 Å². The van der Waals surface area contributed by atoms with Crippen LogP contribution in [0.3, 0.4) is 0 Å². The summed E-state index contributed by atoms with van der Waals surface area (Å²) in [6.07, 6.45) is 6.74. The highest BCUT2D eigenvalue weighted by Crippen LogP contribution is 2.30. The Bertz CT molecular complexity index is 392. The number of hydrogen-bond donors (Lipinski definition) is 1. The van der Waals surface area contributed by atoms with Gasteiger partial charge in [0.2, 0.25) is 5.89 Å². The number of aromatic nitrogens is 2. The Morgan fingerprint density at radius 3 is 2.89 bits per heavy atom. The Morgan fingerprint density at radius 2 is 2.17 bits per heavy atom. The molecule has 2 heterocycles. The van der Waals surface area contributed by atoms with Gasteiger partial charge >= 0.3 is 0 Å². The Morgan fingerprint density at radius 1 is 1.33 bits per heavy atom. The van der Waals surface area contributed by atoms with Gasteiger partial charge in [-0.3, -0.25) is 4.90 Å². The van der Waals surface area contributed by atoms with E-state index in [1.54, 1.807) is 0 Å². The minimum Gasteiger partial charge on any atom is -0.338 e. The first-order valence-corrected chi connectivity index (χ1v) is 7.02. The van der Waals surface area contributed by atoms with Gasteiger partial charge in [0.25, 0.3) is 0 Å². The molecule has 0 amide bonds. The SMILES string of the molecule is Cc1noc(CN2CCNC3(CCCCC3)C2)n1. The molecule has 18 heavy (non-hydrogen) atoms. The molecule has 1 aromatic rings. The summed E-state index contributed by atoms with van der Waals surface area (Å²) in [7, 11) is 0. The molecule has 3 rings (SSSR count). The number of nitrogens with one attached hydrogen (secondary N) is 1. The Hall–Kier alpha value is -0.940. The van der Waals surface area contributed by atoms with Gasteiger partial charge in [0, 0.05) is 25.2 Å². The molecule has 5 heteroatoms. The van der Waals surface area contributed by atoms with E-state index in [9.17, 15) is 0 Å². The minimum absolute atomic E-state index is 0.353. The van der Waals surface area contributed by atoms with Crippen LogP contribution in [-0.2, 0) is 6.54 Å².